The summed E-state index contributed by atoms with van der Waals surface area (Å²) in [6.45, 7) is 3.51. The summed E-state index contributed by atoms with van der Waals surface area (Å²) in [5, 5.41) is 0. The summed E-state index contributed by atoms with van der Waals surface area (Å²) in [4.78, 5) is 16.1. The number of anilines is 1. The average Bonchev–Trinajstić information content (AvgIpc) is 2.33. The molecular weight excluding hydrogens is 228 g/mol. The Morgan fingerprint density at radius 3 is 2.78 bits per heavy atom. The normalized spacial score (nSPS) is 18.8. The molecule has 2 rings (SSSR count). The molecule has 0 saturated carbocycles. The van der Waals surface area contributed by atoms with Crippen LogP contribution in [0.15, 0.2) is 24.3 Å². The number of ether oxygens (including phenoxy) is 1. The lowest BCUT2D eigenvalue weighted by molar-refractivity contribution is -0.125. The molecule has 1 unspecified atom stereocenters. The summed E-state index contributed by atoms with van der Waals surface area (Å²) >= 11 is 0. The number of hydrogen-bond donors (Lipinski definition) is 0. The Labute approximate surface area is 108 Å². The molecule has 18 heavy (non-hydrogen) atoms. The number of hydrogen-bond acceptors (Lipinski definition) is 3. The summed E-state index contributed by atoms with van der Waals surface area (Å²) in [6, 6.07) is 7.72. The number of benzene rings is 1. The SMILES string of the molecule is CC1Oc2ccccc2N(CCCN(C)C)C1=O. The van der Waals surface area contributed by atoms with Crippen LogP contribution in [0.3, 0.4) is 0 Å². The summed E-state index contributed by atoms with van der Waals surface area (Å²) < 4.78 is 5.60. The Morgan fingerprint density at radius 2 is 2.06 bits per heavy atom. The van der Waals surface area contributed by atoms with Gasteiger partial charge in [0.25, 0.3) is 5.91 Å². The van der Waals surface area contributed by atoms with Crippen molar-refractivity contribution in [2.75, 3.05) is 32.1 Å². The van der Waals surface area contributed by atoms with Crippen LogP contribution in [0.2, 0.25) is 0 Å². The number of fused-ring (bicyclic) bond motifs is 1. The van der Waals surface area contributed by atoms with E-state index >= 15 is 0 Å². The third-order valence-corrected chi connectivity index (χ3v) is 3.06. The van der Waals surface area contributed by atoms with E-state index in [1.54, 1.807) is 6.92 Å². The Bertz CT molecular complexity index is 432. The average molecular weight is 248 g/mol. The Kier molecular flexibility index (Phi) is 3.87. The predicted octanol–water partition coefficient (Wildman–Crippen LogP) is 1.75. The minimum atomic E-state index is -0.390. The number of carbonyl (C=O) groups is 1. The number of amides is 1. The molecule has 1 aromatic rings. The highest BCUT2D eigenvalue weighted by atomic mass is 16.5. The minimum Gasteiger partial charge on any atom is -0.479 e. The molecule has 98 valence electrons. The fourth-order valence-electron chi connectivity index (χ4n) is 2.13. The van der Waals surface area contributed by atoms with Gasteiger partial charge in [-0.25, -0.2) is 0 Å². The molecule has 4 nitrogen and oxygen atoms in total. The van der Waals surface area contributed by atoms with E-state index in [1.165, 1.54) is 0 Å². The number of nitrogens with zero attached hydrogens (tertiary/aromatic N) is 2. The first-order valence-electron chi connectivity index (χ1n) is 6.31. The molecule has 0 fully saturated rings. The van der Waals surface area contributed by atoms with Gasteiger partial charge < -0.3 is 14.5 Å². The largest absolute Gasteiger partial charge is 0.479 e. The molecule has 4 heteroatoms. The molecule has 0 N–H and O–H groups in total. The maximum atomic E-state index is 12.2. The molecule has 1 amide bonds. The lowest BCUT2D eigenvalue weighted by Crippen LogP contribution is -2.45. The predicted molar refractivity (Wildman–Crippen MR) is 72.1 cm³/mol. The van der Waals surface area contributed by atoms with Gasteiger partial charge in [-0.2, -0.15) is 0 Å². The number of para-hydroxylation sites is 2. The van der Waals surface area contributed by atoms with Crippen LogP contribution in [-0.2, 0) is 4.79 Å². The quantitative estimate of drug-likeness (QED) is 0.814. The second kappa shape index (κ2) is 5.40. The van der Waals surface area contributed by atoms with Gasteiger partial charge in [0.2, 0.25) is 0 Å². The Hall–Kier alpha value is -1.55. The van der Waals surface area contributed by atoms with Gasteiger partial charge in [-0.05, 0) is 46.1 Å². The van der Waals surface area contributed by atoms with Gasteiger partial charge in [-0.15, -0.1) is 0 Å². The molecule has 0 aliphatic carbocycles. The molecule has 1 aromatic carbocycles. The zero-order valence-electron chi connectivity index (χ0n) is 11.2. The topological polar surface area (TPSA) is 32.8 Å². The van der Waals surface area contributed by atoms with Crippen molar-refractivity contribution in [1.82, 2.24) is 4.90 Å². The van der Waals surface area contributed by atoms with Crippen molar-refractivity contribution in [2.45, 2.75) is 19.4 Å². The van der Waals surface area contributed by atoms with Crippen LogP contribution in [-0.4, -0.2) is 44.1 Å². The van der Waals surface area contributed by atoms with Gasteiger partial charge in [0.1, 0.15) is 5.75 Å². The summed E-state index contributed by atoms with van der Waals surface area (Å²) in [6.07, 6.45) is 0.569. The van der Waals surface area contributed by atoms with Gasteiger partial charge in [-0.3, -0.25) is 4.79 Å². The van der Waals surface area contributed by atoms with Gasteiger partial charge >= 0.3 is 0 Å². The van der Waals surface area contributed by atoms with E-state index in [9.17, 15) is 4.79 Å². The molecule has 0 spiro atoms. The fraction of sp³-hybridized carbons (Fsp3) is 0.500. The third kappa shape index (κ3) is 2.64. The first-order valence-corrected chi connectivity index (χ1v) is 6.31. The highest BCUT2D eigenvalue weighted by Crippen LogP contribution is 2.33. The van der Waals surface area contributed by atoms with Crippen LogP contribution in [0.4, 0.5) is 5.69 Å². The highest BCUT2D eigenvalue weighted by molar-refractivity contribution is 5.99. The molecule has 1 aliphatic rings. The molecular formula is C14H20N2O2. The molecule has 0 radical (unpaired) electrons. The van der Waals surface area contributed by atoms with Crippen LogP contribution >= 0.6 is 0 Å². The first kappa shape index (κ1) is 12.9. The molecule has 1 heterocycles. The van der Waals surface area contributed by atoms with Crippen molar-refractivity contribution in [3.05, 3.63) is 24.3 Å². The van der Waals surface area contributed by atoms with E-state index in [4.69, 9.17) is 4.74 Å². The van der Waals surface area contributed by atoms with E-state index in [0.29, 0.717) is 0 Å². The molecule has 1 aliphatic heterocycles. The highest BCUT2D eigenvalue weighted by Gasteiger charge is 2.30. The van der Waals surface area contributed by atoms with E-state index in [0.717, 1.165) is 30.9 Å². The number of carbonyl (C=O) groups excluding carboxylic acids is 1. The zero-order chi connectivity index (χ0) is 13.1. The lowest BCUT2D eigenvalue weighted by Gasteiger charge is -2.33. The van der Waals surface area contributed by atoms with Gasteiger partial charge in [-0.1, -0.05) is 12.1 Å². The minimum absolute atomic E-state index is 0.0486. The van der Waals surface area contributed by atoms with Crippen molar-refractivity contribution in [2.24, 2.45) is 0 Å². The fourth-order valence-corrected chi connectivity index (χ4v) is 2.13. The Balaban J connectivity index is 2.14. The Morgan fingerprint density at radius 1 is 1.33 bits per heavy atom. The van der Waals surface area contributed by atoms with Crippen molar-refractivity contribution in [1.29, 1.82) is 0 Å². The van der Waals surface area contributed by atoms with Crippen LogP contribution < -0.4 is 9.64 Å². The summed E-state index contributed by atoms with van der Waals surface area (Å²) in [5.74, 6) is 0.849. The number of rotatable bonds is 4. The van der Waals surface area contributed by atoms with E-state index in [2.05, 4.69) is 4.90 Å². The smallest absolute Gasteiger partial charge is 0.267 e. The van der Waals surface area contributed by atoms with Crippen molar-refractivity contribution >= 4 is 11.6 Å². The van der Waals surface area contributed by atoms with Crippen molar-refractivity contribution in [3.8, 4) is 5.75 Å². The van der Waals surface area contributed by atoms with Crippen LogP contribution in [0.1, 0.15) is 13.3 Å². The molecule has 0 saturated heterocycles. The van der Waals surface area contributed by atoms with Crippen LogP contribution in [0.5, 0.6) is 5.75 Å². The molecule has 0 aromatic heterocycles. The van der Waals surface area contributed by atoms with E-state index in [-0.39, 0.29) is 12.0 Å². The van der Waals surface area contributed by atoms with E-state index < -0.39 is 0 Å². The maximum absolute atomic E-state index is 12.2. The van der Waals surface area contributed by atoms with Gasteiger partial charge in [0.05, 0.1) is 5.69 Å². The van der Waals surface area contributed by atoms with Gasteiger partial charge in [0.15, 0.2) is 6.10 Å². The van der Waals surface area contributed by atoms with Crippen LogP contribution in [0.25, 0.3) is 0 Å². The lowest BCUT2D eigenvalue weighted by atomic mass is 10.1. The van der Waals surface area contributed by atoms with Crippen molar-refractivity contribution in [3.63, 3.8) is 0 Å². The van der Waals surface area contributed by atoms with Crippen molar-refractivity contribution < 1.29 is 9.53 Å². The monoisotopic (exact) mass is 248 g/mol. The van der Waals surface area contributed by atoms with E-state index in [1.807, 2.05) is 43.3 Å². The second-order valence-electron chi connectivity index (χ2n) is 4.87. The van der Waals surface area contributed by atoms with Crippen LogP contribution in [0, 0.1) is 0 Å². The summed E-state index contributed by atoms with van der Waals surface area (Å²) in [5.41, 5.74) is 0.888. The van der Waals surface area contributed by atoms with Gasteiger partial charge in [0, 0.05) is 6.54 Å². The second-order valence-corrected chi connectivity index (χ2v) is 4.87. The standard InChI is InChI=1S/C14H20N2O2/c1-11-14(17)16(10-6-9-15(2)3)12-7-4-5-8-13(12)18-11/h4-5,7-8,11H,6,9-10H2,1-3H3. The third-order valence-electron chi connectivity index (χ3n) is 3.06. The first-order chi connectivity index (χ1) is 8.59. The molecule has 1 atom stereocenters. The molecule has 0 bridgehead atoms. The summed E-state index contributed by atoms with van der Waals surface area (Å²) in [7, 11) is 4.08. The zero-order valence-corrected chi connectivity index (χ0v) is 11.2. The maximum Gasteiger partial charge on any atom is 0.267 e.